The first-order chi connectivity index (χ1) is 8.27. The Hall–Kier alpha value is -0.390. The van der Waals surface area contributed by atoms with Crippen LogP contribution in [-0.4, -0.2) is 29.5 Å². The minimum Gasteiger partial charge on any atom is -0.376 e. The van der Waals surface area contributed by atoms with Crippen LogP contribution in [0.3, 0.4) is 0 Å². The van der Waals surface area contributed by atoms with Crippen molar-refractivity contribution in [3.63, 3.8) is 0 Å². The first kappa shape index (κ1) is 13.1. The van der Waals surface area contributed by atoms with Gasteiger partial charge in [0, 0.05) is 13.2 Å². The second-order valence-electron chi connectivity index (χ2n) is 4.42. The van der Waals surface area contributed by atoms with Gasteiger partial charge in [-0.25, -0.2) is 0 Å². The second kappa shape index (κ2) is 5.98. The van der Waals surface area contributed by atoms with Gasteiger partial charge >= 0.3 is 0 Å². The zero-order valence-electron chi connectivity index (χ0n) is 10.4. The molecule has 4 nitrogen and oxygen atoms in total. The van der Waals surface area contributed by atoms with Crippen molar-refractivity contribution in [2.24, 2.45) is 0 Å². The summed E-state index contributed by atoms with van der Waals surface area (Å²) in [5.74, 6) is 0. The molecule has 0 radical (unpaired) electrons. The minimum absolute atomic E-state index is 0.223. The van der Waals surface area contributed by atoms with Gasteiger partial charge < -0.3 is 10.1 Å². The highest BCUT2D eigenvalue weighted by Gasteiger charge is 2.30. The molecule has 5 heteroatoms. The van der Waals surface area contributed by atoms with Gasteiger partial charge in [-0.05, 0) is 42.2 Å². The van der Waals surface area contributed by atoms with Crippen molar-refractivity contribution in [2.45, 2.75) is 44.9 Å². The Balaban J connectivity index is 2.25. The van der Waals surface area contributed by atoms with Gasteiger partial charge in [0.05, 0.1) is 28.5 Å². The van der Waals surface area contributed by atoms with Crippen molar-refractivity contribution in [3.05, 3.63) is 16.4 Å². The molecule has 2 unspecified atom stereocenters. The summed E-state index contributed by atoms with van der Waals surface area (Å²) >= 11 is 3.60. The number of rotatable bonds is 5. The molecule has 96 valence electrons. The molecule has 1 aromatic heterocycles. The van der Waals surface area contributed by atoms with E-state index in [2.05, 4.69) is 38.0 Å². The first-order valence-corrected chi connectivity index (χ1v) is 7.07. The molecular formula is C12H20BrN3O. The van der Waals surface area contributed by atoms with Gasteiger partial charge in [-0.15, -0.1) is 0 Å². The summed E-state index contributed by atoms with van der Waals surface area (Å²) in [6.45, 7) is 3.99. The lowest BCUT2D eigenvalue weighted by Gasteiger charge is -2.24. The molecule has 1 aromatic rings. The molecule has 2 atom stereocenters. The standard InChI is InChI=1S/C12H20BrN3O/c1-3-6-16-12(9(13)8-15-16)11(14-2)10-5-4-7-17-10/h8,10-11,14H,3-7H2,1-2H3. The summed E-state index contributed by atoms with van der Waals surface area (Å²) in [6, 6.07) is 0.223. The van der Waals surface area contributed by atoms with Crippen molar-refractivity contribution in [1.29, 1.82) is 0 Å². The number of hydrogen-bond acceptors (Lipinski definition) is 3. The number of aromatic nitrogens is 2. The molecule has 1 N–H and O–H groups in total. The van der Waals surface area contributed by atoms with Gasteiger partial charge in [-0.3, -0.25) is 4.68 Å². The van der Waals surface area contributed by atoms with E-state index in [9.17, 15) is 0 Å². The highest BCUT2D eigenvalue weighted by atomic mass is 79.9. The Morgan fingerprint density at radius 2 is 2.53 bits per heavy atom. The number of halogens is 1. The third-order valence-corrected chi connectivity index (χ3v) is 3.82. The number of nitrogens with zero attached hydrogens (tertiary/aromatic N) is 2. The molecule has 0 saturated carbocycles. The van der Waals surface area contributed by atoms with E-state index < -0.39 is 0 Å². The molecule has 1 fully saturated rings. The summed E-state index contributed by atoms with van der Waals surface area (Å²) in [7, 11) is 1.99. The molecule has 0 aliphatic carbocycles. The monoisotopic (exact) mass is 301 g/mol. The van der Waals surface area contributed by atoms with Gasteiger partial charge in [0.25, 0.3) is 0 Å². The highest BCUT2D eigenvalue weighted by molar-refractivity contribution is 9.10. The molecule has 17 heavy (non-hydrogen) atoms. The van der Waals surface area contributed by atoms with Crippen molar-refractivity contribution >= 4 is 15.9 Å². The number of aryl methyl sites for hydroxylation is 1. The molecule has 0 spiro atoms. The SMILES string of the molecule is CCCn1ncc(Br)c1C(NC)C1CCCO1. The maximum absolute atomic E-state index is 5.79. The summed E-state index contributed by atoms with van der Waals surface area (Å²) in [5, 5.41) is 7.79. The van der Waals surface area contributed by atoms with Crippen LogP contribution in [0, 0.1) is 0 Å². The van der Waals surface area contributed by atoms with E-state index in [1.54, 1.807) is 0 Å². The zero-order valence-corrected chi connectivity index (χ0v) is 12.0. The van der Waals surface area contributed by atoms with Crippen molar-refractivity contribution in [3.8, 4) is 0 Å². The number of ether oxygens (including phenoxy) is 1. The van der Waals surface area contributed by atoms with Crippen LogP contribution < -0.4 is 5.32 Å². The fourth-order valence-electron chi connectivity index (χ4n) is 2.44. The fraction of sp³-hybridized carbons (Fsp3) is 0.750. The van der Waals surface area contributed by atoms with Crippen LogP contribution in [0.2, 0.25) is 0 Å². The van der Waals surface area contributed by atoms with E-state index in [0.717, 1.165) is 36.9 Å². The van der Waals surface area contributed by atoms with Gasteiger partial charge in [0.15, 0.2) is 0 Å². The Morgan fingerprint density at radius 1 is 1.71 bits per heavy atom. The van der Waals surface area contributed by atoms with E-state index in [0.29, 0.717) is 0 Å². The van der Waals surface area contributed by atoms with E-state index in [4.69, 9.17) is 4.74 Å². The van der Waals surface area contributed by atoms with Crippen molar-refractivity contribution in [2.75, 3.05) is 13.7 Å². The van der Waals surface area contributed by atoms with Crippen LogP contribution in [0.1, 0.15) is 37.9 Å². The van der Waals surface area contributed by atoms with E-state index in [-0.39, 0.29) is 12.1 Å². The van der Waals surface area contributed by atoms with E-state index >= 15 is 0 Å². The summed E-state index contributed by atoms with van der Waals surface area (Å²) < 4.78 is 8.94. The van der Waals surface area contributed by atoms with E-state index in [1.165, 1.54) is 5.69 Å². The first-order valence-electron chi connectivity index (χ1n) is 6.28. The second-order valence-corrected chi connectivity index (χ2v) is 5.27. The third kappa shape index (κ3) is 2.72. The van der Waals surface area contributed by atoms with Gasteiger partial charge in [-0.1, -0.05) is 6.92 Å². The number of nitrogens with one attached hydrogen (secondary N) is 1. The van der Waals surface area contributed by atoms with Crippen molar-refractivity contribution < 1.29 is 4.74 Å². The van der Waals surface area contributed by atoms with Crippen LogP contribution in [0.25, 0.3) is 0 Å². The molecule has 0 bridgehead atoms. The predicted octanol–water partition coefficient (Wildman–Crippen LogP) is 2.50. The number of hydrogen-bond donors (Lipinski definition) is 1. The van der Waals surface area contributed by atoms with Gasteiger partial charge in [-0.2, -0.15) is 5.10 Å². The van der Waals surface area contributed by atoms with Crippen LogP contribution in [0.15, 0.2) is 10.7 Å². The van der Waals surface area contributed by atoms with Gasteiger partial charge in [0.1, 0.15) is 0 Å². The van der Waals surface area contributed by atoms with Crippen LogP contribution in [0.4, 0.5) is 0 Å². The zero-order chi connectivity index (χ0) is 12.3. The Morgan fingerprint density at radius 3 is 3.12 bits per heavy atom. The quantitative estimate of drug-likeness (QED) is 0.908. The maximum Gasteiger partial charge on any atom is 0.0786 e. The average molecular weight is 302 g/mol. The van der Waals surface area contributed by atoms with Crippen LogP contribution in [-0.2, 0) is 11.3 Å². The molecule has 1 aliphatic heterocycles. The van der Waals surface area contributed by atoms with Crippen LogP contribution >= 0.6 is 15.9 Å². The number of likely N-dealkylation sites (N-methyl/N-ethyl adjacent to an activating group) is 1. The smallest absolute Gasteiger partial charge is 0.0786 e. The van der Waals surface area contributed by atoms with E-state index in [1.807, 2.05) is 13.2 Å². The Labute approximate surface area is 111 Å². The lowest BCUT2D eigenvalue weighted by atomic mass is 10.0. The molecular weight excluding hydrogens is 282 g/mol. The van der Waals surface area contributed by atoms with Gasteiger partial charge in [0.2, 0.25) is 0 Å². The maximum atomic E-state index is 5.79. The lowest BCUT2D eigenvalue weighted by molar-refractivity contribution is 0.0777. The Kier molecular flexibility index (Phi) is 4.59. The predicted molar refractivity (Wildman–Crippen MR) is 71.0 cm³/mol. The molecule has 0 amide bonds. The van der Waals surface area contributed by atoms with Crippen LogP contribution in [0.5, 0.6) is 0 Å². The lowest BCUT2D eigenvalue weighted by Crippen LogP contribution is -2.31. The summed E-state index contributed by atoms with van der Waals surface area (Å²) in [4.78, 5) is 0. The minimum atomic E-state index is 0.223. The van der Waals surface area contributed by atoms with Crippen molar-refractivity contribution in [1.82, 2.24) is 15.1 Å². The topological polar surface area (TPSA) is 39.1 Å². The highest BCUT2D eigenvalue weighted by Crippen LogP contribution is 2.31. The summed E-state index contributed by atoms with van der Waals surface area (Å²) in [5.41, 5.74) is 1.21. The summed E-state index contributed by atoms with van der Waals surface area (Å²) in [6.07, 6.45) is 5.51. The molecule has 2 rings (SSSR count). The normalized spacial score (nSPS) is 21.9. The molecule has 1 aliphatic rings. The largest absolute Gasteiger partial charge is 0.376 e. The molecule has 1 saturated heterocycles. The molecule has 0 aromatic carbocycles. The fourth-order valence-corrected chi connectivity index (χ4v) is 2.98. The average Bonchev–Trinajstić information content (AvgIpc) is 2.94. The molecule has 2 heterocycles. The third-order valence-electron chi connectivity index (χ3n) is 3.21. The Bertz CT molecular complexity index is 361.